The summed E-state index contributed by atoms with van der Waals surface area (Å²) < 4.78 is 39.3. The highest BCUT2D eigenvalue weighted by molar-refractivity contribution is 9.10. The Balaban J connectivity index is 1.62. The number of allylic oxidation sites excluding steroid dienone is 1. The van der Waals surface area contributed by atoms with Crippen molar-refractivity contribution in [3.63, 3.8) is 0 Å². The van der Waals surface area contributed by atoms with Crippen molar-refractivity contribution in [2.75, 3.05) is 11.1 Å². The lowest BCUT2D eigenvalue weighted by atomic mass is 10.0. The summed E-state index contributed by atoms with van der Waals surface area (Å²) in [6, 6.07) is 18.0. The molecule has 0 aliphatic heterocycles. The average Bonchev–Trinajstić information content (AvgIpc) is 2.84. The van der Waals surface area contributed by atoms with Crippen LogP contribution in [0.15, 0.2) is 88.1 Å². The van der Waals surface area contributed by atoms with Crippen molar-refractivity contribution in [3.05, 3.63) is 88.8 Å². The second-order valence-corrected chi connectivity index (χ2v) is 10.1. The van der Waals surface area contributed by atoms with Crippen molar-refractivity contribution in [2.45, 2.75) is 11.8 Å². The number of anilines is 2. The molecule has 0 atom stereocenters. The van der Waals surface area contributed by atoms with Crippen LogP contribution in [0.4, 0.5) is 15.9 Å². The summed E-state index contributed by atoms with van der Waals surface area (Å²) in [4.78, 5) is 16.7. The fourth-order valence-electron chi connectivity index (χ4n) is 3.64. The van der Waals surface area contributed by atoms with Crippen LogP contribution in [0.5, 0.6) is 0 Å². The number of nitrogens with zero attached hydrogens (tertiary/aromatic N) is 1. The summed E-state index contributed by atoms with van der Waals surface area (Å²) in [5.74, 6) is -1.57. The van der Waals surface area contributed by atoms with Crippen LogP contribution in [0.1, 0.15) is 12.5 Å². The number of rotatable bonds is 5. The number of sulfonamides is 1. The number of halogens is 2. The first kappa shape index (κ1) is 24.5. The van der Waals surface area contributed by atoms with Gasteiger partial charge in [-0.25, -0.2) is 22.9 Å². The van der Waals surface area contributed by atoms with E-state index in [1.807, 2.05) is 0 Å². The number of amides is 1. The second-order valence-electron chi connectivity index (χ2n) is 7.76. The first-order chi connectivity index (χ1) is 16.6. The molecule has 0 aliphatic carbocycles. The van der Waals surface area contributed by atoms with E-state index in [-0.39, 0.29) is 10.5 Å². The minimum absolute atomic E-state index is 0.0282. The maximum Gasteiger partial charge on any atom is 0.284 e. The number of benzene rings is 3. The van der Waals surface area contributed by atoms with E-state index < -0.39 is 21.8 Å². The highest BCUT2D eigenvalue weighted by Gasteiger charge is 2.18. The summed E-state index contributed by atoms with van der Waals surface area (Å²) in [6.07, 6.45) is 1.59. The van der Waals surface area contributed by atoms with Gasteiger partial charge in [0.15, 0.2) is 5.83 Å². The Morgan fingerprint density at radius 3 is 2.51 bits per heavy atom. The lowest BCUT2D eigenvalue weighted by molar-refractivity contribution is -0.114. The molecule has 178 valence electrons. The van der Waals surface area contributed by atoms with Gasteiger partial charge in [-0.15, -0.1) is 0 Å². The van der Waals surface area contributed by atoms with Gasteiger partial charge in [0.1, 0.15) is 5.82 Å². The molecule has 7 nitrogen and oxygen atoms in total. The van der Waals surface area contributed by atoms with E-state index >= 15 is 4.39 Å². The molecule has 5 N–H and O–H groups in total. The van der Waals surface area contributed by atoms with Gasteiger partial charge in [0.25, 0.3) is 5.91 Å². The quantitative estimate of drug-likeness (QED) is 0.291. The van der Waals surface area contributed by atoms with Crippen LogP contribution in [0.25, 0.3) is 27.5 Å². The third-order valence-electron chi connectivity index (χ3n) is 5.48. The van der Waals surface area contributed by atoms with Gasteiger partial charge in [-0.1, -0.05) is 36.4 Å². The maximum atomic E-state index is 15.0. The minimum atomic E-state index is -3.94. The Labute approximate surface area is 209 Å². The van der Waals surface area contributed by atoms with Gasteiger partial charge in [-0.2, -0.15) is 0 Å². The zero-order valence-corrected chi connectivity index (χ0v) is 20.8. The first-order valence-corrected chi connectivity index (χ1v) is 12.6. The van der Waals surface area contributed by atoms with E-state index in [0.717, 1.165) is 5.39 Å². The largest absolute Gasteiger partial charge is 0.383 e. The molecule has 0 saturated heterocycles. The Hall–Kier alpha value is -3.60. The maximum absolute atomic E-state index is 15.0. The molecule has 4 rings (SSSR count). The summed E-state index contributed by atoms with van der Waals surface area (Å²) in [5.41, 5.74) is 7.82. The van der Waals surface area contributed by atoms with E-state index in [9.17, 15) is 13.2 Å². The van der Waals surface area contributed by atoms with E-state index in [0.29, 0.717) is 38.1 Å². The molecule has 1 aromatic heterocycles. The molecular formula is C25H20BrFN4O3S. The van der Waals surface area contributed by atoms with Crippen LogP contribution in [0, 0.1) is 0 Å². The number of fused-ring (bicyclic) bond motifs is 1. The van der Waals surface area contributed by atoms with E-state index in [4.69, 9.17) is 10.9 Å². The molecule has 0 spiro atoms. The van der Waals surface area contributed by atoms with Gasteiger partial charge >= 0.3 is 0 Å². The monoisotopic (exact) mass is 554 g/mol. The number of nitrogens with two attached hydrogens (primary N) is 2. The number of aromatic nitrogens is 1. The molecular weight excluding hydrogens is 535 g/mol. The number of nitrogen functional groups attached to an aromatic ring is 1. The second kappa shape index (κ2) is 9.57. The molecule has 0 saturated carbocycles. The zero-order valence-electron chi connectivity index (χ0n) is 18.4. The highest BCUT2D eigenvalue weighted by Crippen LogP contribution is 2.33. The average molecular weight is 555 g/mol. The molecule has 0 fully saturated rings. The number of pyridine rings is 1. The standard InChI is InChI=1S/C25H20BrFN4O3S/c1-14(16-7-6-15-10-11-30-24(28)19(15)12-16)23(27)25(32)31-21-9-8-17(13-20(21)26)18-4-2-3-5-22(18)35(29,33)34/h2-13H,1H3,(H2,28,30)(H,31,32)(H2,29,33,34)/b23-14+. The van der Waals surface area contributed by atoms with Crippen LogP contribution < -0.4 is 16.2 Å². The van der Waals surface area contributed by atoms with Crippen LogP contribution in [-0.2, 0) is 14.8 Å². The Morgan fingerprint density at radius 2 is 1.80 bits per heavy atom. The Morgan fingerprint density at radius 1 is 1.06 bits per heavy atom. The molecule has 0 radical (unpaired) electrons. The number of carbonyl (C=O) groups excluding carboxylic acids is 1. The van der Waals surface area contributed by atoms with Crippen LogP contribution in [0.2, 0.25) is 0 Å². The summed E-state index contributed by atoms with van der Waals surface area (Å²) in [6.45, 7) is 1.50. The van der Waals surface area contributed by atoms with Crippen molar-refractivity contribution < 1.29 is 17.6 Å². The van der Waals surface area contributed by atoms with Crippen LogP contribution in [0.3, 0.4) is 0 Å². The van der Waals surface area contributed by atoms with Crippen molar-refractivity contribution >= 4 is 59.7 Å². The smallest absolute Gasteiger partial charge is 0.284 e. The molecule has 0 aliphatic rings. The molecule has 4 aromatic rings. The van der Waals surface area contributed by atoms with Gasteiger partial charge in [-0.05, 0) is 75.3 Å². The summed E-state index contributed by atoms with van der Waals surface area (Å²) in [7, 11) is -3.94. The number of nitrogens with one attached hydrogen (secondary N) is 1. The van der Waals surface area contributed by atoms with Gasteiger partial charge in [0.05, 0.1) is 10.6 Å². The number of hydrogen-bond acceptors (Lipinski definition) is 5. The molecule has 1 heterocycles. The van der Waals surface area contributed by atoms with Gasteiger partial charge in [0, 0.05) is 21.6 Å². The van der Waals surface area contributed by atoms with Crippen molar-refractivity contribution in [3.8, 4) is 11.1 Å². The van der Waals surface area contributed by atoms with E-state index in [1.165, 1.54) is 13.0 Å². The number of hydrogen-bond donors (Lipinski definition) is 3. The summed E-state index contributed by atoms with van der Waals surface area (Å²) >= 11 is 3.36. The fraction of sp³-hybridized carbons (Fsp3) is 0.0400. The molecule has 3 aromatic carbocycles. The molecule has 0 unspecified atom stereocenters. The highest BCUT2D eigenvalue weighted by atomic mass is 79.9. The zero-order chi connectivity index (χ0) is 25.3. The molecule has 0 bridgehead atoms. The topological polar surface area (TPSA) is 128 Å². The molecule has 1 amide bonds. The van der Waals surface area contributed by atoms with Gasteiger partial charge in [0.2, 0.25) is 10.0 Å². The van der Waals surface area contributed by atoms with E-state index in [1.54, 1.807) is 66.9 Å². The van der Waals surface area contributed by atoms with Crippen LogP contribution >= 0.6 is 15.9 Å². The molecule has 35 heavy (non-hydrogen) atoms. The third kappa shape index (κ3) is 5.09. The number of primary sulfonamides is 1. The normalized spacial score (nSPS) is 12.3. The van der Waals surface area contributed by atoms with E-state index in [2.05, 4.69) is 26.2 Å². The van der Waals surface area contributed by atoms with Gasteiger partial charge in [-0.3, -0.25) is 4.79 Å². The molecule has 10 heteroatoms. The Kier molecular flexibility index (Phi) is 6.70. The van der Waals surface area contributed by atoms with Crippen molar-refractivity contribution in [1.29, 1.82) is 0 Å². The predicted octanol–water partition coefficient (Wildman–Crippen LogP) is 5.23. The fourth-order valence-corrected chi connectivity index (χ4v) is 4.87. The third-order valence-corrected chi connectivity index (χ3v) is 7.11. The lowest BCUT2D eigenvalue weighted by Gasteiger charge is -2.12. The summed E-state index contributed by atoms with van der Waals surface area (Å²) in [5, 5.41) is 9.37. The Bertz CT molecular complexity index is 1620. The lowest BCUT2D eigenvalue weighted by Crippen LogP contribution is -2.14. The van der Waals surface area contributed by atoms with Crippen LogP contribution in [-0.4, -0.2) is 19.3 Å². The minimum Gasteiger partial charge on any atom is -0.383 e. The first-order valence-electron chi connectivity index (χ1n) is 10.3. The number of carbonyl (C=O) groups is 1. The SMILES string of the molecule is C/C(=C(\F)C(=O)Nc1ccc(-c2ccccc2S(N)(=O)=O)cc1Br)c1ccc2ccnc(N)c2c1. The predicted molar refractivity (Wildman–Crippen MR) is 139 cm³/mol. The van der Waals surface area contributed by atoms with Crippen molar-refractivity contribution in [2.24, 2.45) is 5.14 Å². The van der Waals surface area contributed by atoms with Crippen molar-refractivity contribution in [1.82, 2.24) is 4.98 Å². The van der Waals surface area contributed by atoms with Gasteiger partial charge < -0.3 is 11.1 Å².